The Morgan fingerprint density at radius 3 is 2.48 bits per heavy atom. The van der Waals surface area contributed by atoms with Crippen LogP contribution in [0.2, 0.25) is 0 Å². The zero-order chi connectivity index (χ0) is 20.8. The standard InChI is InChI=1S/C21H17F2NO5/c1-27-17-11-5-9-15(19(17)29-21(22)23)20(26)28-12-18(25)24-16-10-4-7-13-6-2-3-8-14(13)16/h2-11,21H,12H2,1H3,(H,24,25). The molecule has 0 atom stereocenters. The summed E-state index contributed by atoms with van der Waals surface area (Å²) < 4.78 is 39.6. The van der Waals surface area contributed by atoms with Gasteiger partial charge in [-0.2, -0.15) is 8.78 Å². The highest BCUT2D eigenvalue weighted by molar-refractivity contribution is 6.03. The highest BCUT2D eigenvalue weighted by atomic mass is 19.3. The van der Waals surface area contributed by atoms with E-state index in [1.165, 1.54) is 25.3 Å². The number of para-hydroxylation sites is 1. The van der Waals surface area contributed by atoms with Crippen LogP contribution in [0.3, 0.4) is 0 Å². The fourth-order valence-corrected chi connectivity index (χ4v) is 2.78. The molecule has 29 heavy (non-hydrogen) atoms. The highest BCUT2D eigenvalue weighted by Gasteiger charge is 2.22. The maximum Gasteiger partial charge on any atom is 0.387 e. The van der Waals surface area contributed by atoms with Crippen molar-refractivity contribution in [2.75, 3.05) is 19.0 Å². The third-order valence-corrected chi connectivity index (χ3v) is 4.02. The molecule has 3 aromatic carbocycles. The molecule has 3 aromatic rings. The van der Waals surface area contributed by atoms with Crippen LogP contribution in [-0.2, 0) is 9.53 Å². The van der Waals surface area contributed by atoms with Gasteiger partial charge in [0.2, 0.25) is 0 Å². The second kappa shape index (κ2) is 9.01. The summed E-state index contributed by atoms with van der Waals surface area (Å²) in [4.78, 5) is 24.5. The fraction of sp³-hybridized carbons (Fsp3) is 0.143. The highest BCUT2D eigenvalue weighted by Crippen LogP contribution is 2.33. The molecule has 0 heterocycles. The van der Waals surface area contributed by atoms with Crippen molar-refractivity contribution in [3.8, 4) is 11.5 Å². The van der Waals surface area contributed by atoms with Crippen molar-refractivity contribution in [1.82, 2.24) is 0 Å². The van der Waals surface area contributed by atoms with Crippen molar-refractivity contribution in [2.24, 2.45) is 0 Å². The van der Waals surface area contributed by atoms with E-state index in [2.05, 4.69) is 10.1 Å². The molecule has 0 aliphatic carbocycles. The van der Waals surface area contributed by atoms with Gasteiger partial charge in [0, 0.05) is 11.1 Å². The van der Waals surface area contributed by atoms with Crippen LogP contribution >= 0.6 is 0 Å². The number of esters is 1. The van der Waals surface area contributed by atoms with Crippen LogP contribution in [0.25, 0.3) is 10.8 Å². The molecule has 0 aromatic heterocycles. The maximum atomic E-state index is 12.7. The van der Waals surface area contributed by atoms with Crippen molar-refractivity contribution in [2.45, 2.75) is 6.61 Å². The van der Waals surface area contributed by atoms with Gasteiger partial charge in [0.25, 0.3) is 5.91 Å². The summed E-state index contributed by atoms with van der Waals surface area (Å²) in [5.74, 6) is -2.08. The number of alkyl halides is 2. The van der Waals surface area contributed by atoms with E-state index in [0.29, 0.717) is 5.69 Å². The lowest BCUT2D eigenvalue weighted by Crippen LogP contribution is -2.21. The van der Waals surface area contributed by atoms with E-state index in [1.807, 2.05) is 30.3 Å². The van der Waals surface area contributed by atoms with Crippen LogP contribution < -0.4 is 14.8 Å². The molecule has 1 amide bonds. The van der Waals surface area contributed by atoms with Gasteiger partial charge in [-0.05, 0) is 23.6 Å². The number of hydrogen-bond donors (Lipinski definition) is 1. The molecule has 0 aliphatic rings. The Morgan fingerprint density at radius 2 is 1.72 bits per heavy atom. The normalized spacial score (nSPS) is 10.6. The molecule has 0 saturated carbocycles. The number of carbonyl (C=O) groups excluding carboxylic acids is 2. The van der Waals surface area contributed by atoms with Crippen LogP contribution in [0.1, 0.15) is 10.4 Å². The third kappa shape index (κ3) is 4.78. The number of carbonyl (C=O) groups is 2. The molecule has 0 radical (unpaired) electrons. The molecule has 150 valence electrons. The van der Waals surface area contributed by atoms with Crippen molar-refractivity contribution in [3.05, 3.63) is 66.2 Å². The lowest BCUT2D eigenvalue weighted by Gasteiger charge is -2.14. The van der Waals surface area contributed by atoms with E-state index < -0.39 is 30.8 Å². The van der Waals surface area contributed by atoms with Crippen LogP contribution in [0.4, 0.5) is 14.5 Å². The summed E-state index contributed by atoms with van der Waals surface area (Å²) in [6.45, 7) is -3.76. The van der Waals surface area contributed by atoms with Crippen LogP contribution in [0.15, 0.2) is 60.7 Å². The number of amides is 1. The van der Waals surface area contributed by atoms with E-state index in [1.54, 1.807) is 12.1 Å². The SMILES string of the molecule is COc1cccc(C(=O)OCC(=O)Nc2cccc3ccccc23)c1OC(F)F. The van der Waals surface area contributed by atoms with Gasteiger partial charge in [-0.15, -0.1) is 0 Å². The summed E-state index contributed by atoms with van der Waals surface area (Å²) >= 11 is 0. The van der Waals surface area contributed by atoms with Gasteiger partial charge in [-0.25, -0.2) is 4.79 Å². The first-order valence-electron chi connectivity index (χ1n) is 8.56. The Labute approximate surface area is 165 Å². The topological polar surface area (TPSA) is 73.9 Å². The minimum absolute atomic E-state index is 0.0556. The number of halogens is 2. The first-order chi connectivity index (χ1) is 14.0. The minimum atomic E-state index is -3.16. The summed E-state index contributed by atoms with van der Waals surface area (Å²) in [5.41, 5.74) is 0.287. The number of methoxy groups -OCH3 is 1. The van der Waals surface area contributed by atoms with Gasteiger partial charge in [0.05, 0.1) is 7.11 Å². The fourth-order valence-electron chi connectivity index (χ4n) is 2.78. The summed E-state index contributed by atoms with van der Waals surface area (Å²) in [6, 6.07) is 16.9. The quantitative estimate of drug-likeness (QED) is 0.600. The largest absolute Gasteiger partial charge is 0.493 e. The number of fused-ring (bicyclic) bond motifs is 1. The molecule has 6 nitrogen and oxygen atoms in total. The van der Waals surface area contributed by atoms with E-state index in [9.17, 15) is 18.4 Å². The lowest BCUT2D eigenvalue weighted by molar-refractivity contribution is -0.119. The summed E-state index contributed by atoms with van der Waals surface area (Å²) in [7, 11) is 1.25. The zero-order valence-electron chi connectivity index (χ0n) is 15.4. The molecule has 0 saturated heterocycles. The summed E-state index contributed by atoms with van der Waals surface area (Å²) in [5, 5.41) is 4.44. The van der Waals surface area contributed by atoms with E-state index in [4.69, 9.17) is 9.47 Å². The molecular formula is C21H17F2NO5. The van der Waals surface area contributed by atoms with Gasteiger partial charge in [0.1, 0.15) is 5.56 Å². The van der Waals surface area contributed by atoms with Crippen molar-refractivity contribution in [3.63, 3.8) is 0 Å². The van der Waals surface area contributed by atoms with Crippen LogP contribution in [0.5, 0.6) is 11.5 Å². The van der Waals surface area contributed by atoms with Crippen LogP contribution in [0, 0.1) is 0 Å². The van der Waals surface area contributed by atoms with Crippen molar-refractivity contribution >= 4 is 28.3 Å². The average Bonchev–Trinajstić information content (AvgIpc) is 2.72. The number of benzene rings is 3. The van der Waals surface area contributed by atoms with E-state index in [-0.39, 0.29) is 11.3 Å². The van der Waals surface area contributed by atoms with Gasteiger partial charge in [-0.1, -0.05) is 42.5 Å². The van der Waals surface area contributed by atoms with Gasteiger partial charge in [0.15, 0.2) is 18.1 Å². The molecule has 0 bridgehead atoms. The molecule has 3 rings (SSSR count). The molecule has 0 fully saturated rings. The monoisotopic (exact) mass is 401 g/mol. The number of anilines is 1. The lowest BCUT2D eigenvalue weighted by atomic mass is 10.1. The molecule has 0 aliphatic heterocycles. The van der Waals surface area contributed by atoms with E-state index in [0.717, 1.165) is 10.8 Å². The van der Waals surface area contributed by atoms with Crippen molar-refractivity contribution < 1.29 is 32.6 Å². The van der Waals surface area contributed by atoms with Gasteiger partial charge in [-0.3, -0.25) is 4.79 Å². The Bertz CT molecular complexity index is 1030. The molecule has 8 heteroatoms. The minimum Gasteiger partial charge on any atom is -0.493 e. The zero-order valence-corrected chi connectivity index (χ0v) is 15.4. The molecule has 1 N–H and O–H groups in total. The average molecular weight is 401 g/mol. The second-order valence-electron chi connectivity index (χ2n) is 5.87. The Hall–Kier alpha value is -3.68. The molecule has 0 spiro atoms. The van der Waals surface area contributed by atoms with Crippen LogP contribution in [-0.4, -0.2) is 32.2 Å². The van der Waals surface area contributed by atoms with Gasteiger partial charge >= 0.3 is 12.6 Å². The molecular weight excluding hydrogens is 384 g/mol. The Kier molecular flexibility index (Phi) is 6.23. The number of rotatable bonds is 7. The summed E-state index contributed by atoms with van der Waals surface area (Å²) in [6.07, 6.45) is 0. The Balaban J connectivity index is 1.70. The predicted molar refractivity (Wildman–Crippen MR) is 102 cm³/mol. The van der Waals surface area contributed by atoms with E-state index >= 15 is 0 Å². The number of ether oxygens (including phenoxy) is 3. The van der Waals surface area contributed by atoms with Crippen molar-refractivity contribution in [1.29, 1.82) is 0 Å². The smallest absolute Gasteiger partial charge is 0.387 e. The van der Waals surface area contributed by atoms with Gasteiger partial charge < -0.3 is 19.5 Å². The first-order valence-corrected chi connectivity index (χ1v) is 8.56. The third-order valence-electron chi connectivity index (χ3n) is 4.02. The predicted octanol–water partition coefficient (Wildman–Crippen LogP) is 4.25. The maximum absolute atomic E-state index is 12.7. The first kappa shape index (κ1) is 20.1. The molecule has 0 unspecified atom stereocenters. The second-order valence-corrected chi connectivity index (χ2v) is 5.87. The number of nitrogens with one attached hydrogen (secondary N) is 1. The number of hydrogen-bond acceptors (Lipinski definition) is 5. The Morgan fingerprint density at radius 1 is 1.00 bits per heavy atom.